The molecule has 0 saturated heterocycles. The van der Waals surface area contributed by atoms with Gasteiger partial charge in [-0.1, -0.05) is 0 Å². The lowest BCUT2D eigenvalue weighted by Crippen LogP contribution is -2.26. The van der Waals surface area contributed by atoms with E-state index in [0.717, 1.165) is 0 Å². The molecule has 3 nitrogen and oxygen atoms in total. The van der Waals surface area contributed by atoms with Crippen LogP contribution in [0.2, 0.25) is 0 Å². The van der Waals surface area contributed by atoms with Gasteiger partial charge in [0.1, 0.15) is 0 Å². The van der Waals surface area contributed by atoms with Gasteiger partial charge in [-0.15, -0.1) is 0 Å². The van der Waals surface area contributed by atoms with Gasteiger partial charge in [-0.05, 0) is 26.3 Å². The Balaban J connectivity index is 2.27. The largest absolute Gasteiger partial charge is 0.390 e. The summed E-state index contributed by atoms with van der Waals surface area (Å²) >= 11 is 0. The first-order valence-corrected chi connectivity index (χ1v) is 3.62. The number of hydrogen-bond donors (Lipinski definition) is 3. The summed E-state index contributed by atoms with van der Waals surface area (Å²) in [5.74, 6) is 0. The highest BCUT2D eigenvalue weighted by Crippen LogP contribution is 2.19. The summed E-state index contributed by atoms with van der Waals surface area (Å²) in [6, 6.07) is 0.252. The van der Waals surface area contributed by atoms with E-state index in [0.29, 0.717) is 19.4 Å². The van der Waals surface area contributed by atoms with E-state index in [1.807, 2.05) is 0 Å². The average molecular weight is 144 g/mol. The molecule has 0 aliphatic heterocycles. The SMILES string of the molecule is [CH2]CNC1C[C@@H](O)[C@@H](O)C1. The van der Waals surface area contributed by atoms with Crippen molar-refractivity contribution >= 4 is 0 Å². The molecule has 0 aromatic heterocycles. The minimum Gasteiger partial charge on any atom is -0.390 e. The van der Waals surface area contributed by atoms with Crippen LogP contribution in [0.25, 0.3) is 0 Å². The molecule has 0 bridgehead atoms. The third kappa shape index (κ3) is 1.68. The predicted molar refractivity (Wildman–Crippen MR) is 38.4 cm³/mol. The smallest absolute Gasteiger partial charge is 0.0814 e. The van der Waals surface area contributed by atoms with E-state index in [9.17, 15) is 0 Å². The zero-order chi connectivity index (χ0) is 7.56. The Morgan fingerprint density at radius 1 is 1.30 bits per heavy atom. The minimum atomic E-state index is -0.538. The molecule has 1 rings (SSSR count). The van der Waals surface area contributed by atoms with Crippen molar-refractivity contribution < 1.29 is 10.2 Å². The Bertz CT molecular complexity index is 97.8. The second-order valence-electron chi connectivity index (χ2n) is 2.76. The van der Waals surface area contributed by atoms with Crippen molar-refractivity contribution in [2.24, 2.45) is 0 Å². The van der Waals surface area contributed by atoms with Crippen LogP contribution in [-0.2, 0) is 0 Å². The molecule has 10 heavy (non-hydrogen) atoms. The van der Waals surface area contributed by atoms with Crippen LogP contribution in [0.1, 0.15) is 12.8 Å². The molecule has 0 spiro atoms. The summed E-state index contributed by atoms with van der Waals surface area (Å²) in [6.45, 7) is 4.28. The number of rotatable bonds is 2. The third-order valence-corrected chi connectivity index (χ3v) is 1.93. The molecule has 1 aliphatic carbocycles. The van der Waals surface area contributed by atoms with E-state index in [1.54, 1.807) is 0 Å². The molecule has 3 atom stereocenters. The number of aliphatic hydroxyl groups is 2. The molecule has 3 heteroatoms. The van der Waals surface area contributed by atoms with Crippen LogP contribution in [-0.4, -0.2) is 35.0 Å². The predicted octanol–water partition coefficient (Wildman–Crippen LogP) is -0.706. The van der Waals surface area contributed by atoms with Crippen molar-refractivity contribution in [1.82, 2.24) is 5.32 Å². The van der Waals surface area contributed by atoms with Gasteiger partial charge in [0.15, 0.2) is 0 Å². The topological polar surface area (TPSA) is 52.5 Å². The van der Waals surface area contributed by atoms with E-state index < -0.39 is 12.2 Å². The van der Waals surface area contributed by atoms with Gasteiger partial charge in [0.2, 0.25) is 0 Å². The zero-order valence-corrected chi connectivity index (χ0v) is 5.95. The second kappa shape index (κ2) is 3.32. The highest BCUT2D eigenvalue weighted by atomic mass is 16.3. The van der Waals surface area contributed by atoms with E-state index >= 15 is 0 Å². The molecule has 0 aromatic rings. The standard InChI is InChI=1S/C7H14NO2/c1-2-8-5-3-6(9)7(10)4-5/h5-10H,1-4H2/t5?,6-,7+. The normalized spacial score (nSPS) is 40.5. The highest BCUT2D eigenvalue weighted by molar-refractivity contribution is 4.87. The third-order valence-electron chi connectivity index (χ3n) is 1.93. The molecular formula is C7H14NO2. The van der Waals surface area contributed by atoms with E-state index in [-0.39, 0.29) is 6.04 Å². The molecule has 1 radical (unpaired) electrons. The lowest BCUT2D eigenvalue weighted by Gasteiger charge is -2.07. The molecule has 3 N–H and O–H groups in total. The van der Waals surface area contributed by atoms with Crippen LogP contribution in [0.5, 0.6) is 0 Å². The van der Waals surface area contributed by atoms with Gasteiger partial charge < -0.3 is 15.5 Å². The van der Waals surface area contributed by atoms with Gasteiger partial charge in [-0.3, -0.25) is 0 Å². The zero-order valence-electron chi connectivity index (χ0n) is 5.95. The van der Waals surface area contributed by atoms with E-state index in [4.69, 9.17) is 10.2 Å². The molecule has 1 unspecified atom stereocenters. The van der Waals surface area contributed by atoms with E-state index in [2.05, 4.69) is 12.2 Å². The maximum absolute atomic E-state index is 9.08. The van der Waals surface area contributed by atoms with Crippen molar-refractivity contribution in [1.29, 1.82) is 0 Å². The first-order chi connectivity index (χ1) is 4.74. The van der Waals surface area contributed by atoms with E-state index in [1.165, 1.54) is 0 Å². The quantitative estimate of drug-likeness (QED) is 0.480. The van der Waals surface area contributed by atoms with Crippen molar-refractivity contribution in [3.05, 3.63) is 6.92 Å². The number of hydrogen-bond acceptors (Lipinski definition) is 3. The number of aliphatic hydroxyl groups excluding tert-OH is 2. The maximum atomic E-state index is 9.08. The molecule has 0 amide bonds. The van der Waals surface area contributed by atoms with Crippen molar-refractivity contribution in [2.45, 2.75) is 31.1 Å². The molecule has 1 saturated carbocycles. The van der Waals surface area contributed by atoms with Gasteiger partial charge in [0, 0.05) is 6.04 Å². The Morgan fingerprint density at radius 3 is 2.20 bits per heavy atom. The molecular weight excluding hydrogens is 130 g/mol. The summed E-state index contributed by atoms with van der Waals surface area (Å²) in [6.07, 6.45) is 0.223. The first kappa shape index (κ1) is 7.98. The summed E-state index contributed by atoms with van der Waals surface area (Å²) in [5.41, 5.74) is 0. The van der Waals surface area contributed by atoms with Crippen LogP contribution in [0, 0.1) is 6.92 Å². The Hall–Kier alpha value is -0.120. The molecule has 59 valence electrons. The fourth-order valence-corrected chi connectivity index (χ4v) is 1.36. The molecule has 0 aromatic carbocycles. The van der Waals surface area contributed by atoms with Crippen LogP contribution < -0.4 is 5.32 Å². The van der Waals surface area contributed by atoms with Crippen molar-refractivity contribution in [3.8, 4) is 0 Å². The van der Waals surface area contributed by atoms with Crippen LogP contribution in [0.3, 0.4) is 0 Å². The fraction of sp³-hybridized carbons (Fsp3) is 0.857. The summed E-state index contributed by atoms with van der Waals surface area (Å²) in [7, 11) is 0. The van der Waals surface area contributed by atoms with Crippen molar-refractivity contribution in [2.75, 3.05) is 6.54 Å². The number of nitrogens with one attached hydrogen (secondary N) is 1. The van der Waals surface area contributed by atoms with Gasteiger partial charge in [-0.25, -0.2) is 0 Å². The molecule has 0 heterocycles. The van der Waals surface area contributed by atoms with Gasteiger partial charge >= 0.3 is 0 Å². The Kier molecular flexibility index (Phi) is 2.65. The second-order valence-corrected chi connectivity index (χ2v) is 2.76. The summed E-state index contributed by atoms with van der Waals surface area (Å²) < 4.78 is 0. The first-order valence-electron chi connectivity index (χ1n) is 3.62. The lowest BCUT2D eigenvalue weighted by atomic mass is 10.2. The lowest BCUT2D eigenvalue weighted by molar-refractivity contribution is 0.0438. The van der Waals surface area contributed by atoms with Crippen molar-refractivity contribution in [3.63, 3.8) is 0 Å². The molecule has 1 aliphatic rings. The minimum absolute atomic E-state index is 0.252. The van der Waals surface area contributed by atoms with Crippen LogP contribution in [0.4, 0.5) is 0 Å². The Morgan fingerprint density at radius 2 is 1.80 bits per heavy atom. The average Bonchev–Trinajstić information content (AvgIpc) is 2.14. The van der Waals surface area contributed by atoms with Crippen LogP contribution in [0.15, 0.2) is 0 Å². The molecule has 1 fully saturated rings. The fourth-order valence-electron chi connectivity index (χ4n) is 1.36. The highest BCUT2D eigenvalue weighted by Gasteiger charge is 2.30. The van der Waals surface area contributed by atoms with Crippen LogP contribution >= 0.6 is 0 Å². The Labute approximate surface area is 61.1 Å². The monoisotopic (exact) mass is 144 g/mol. The van der Waals surface area contributed by atoms with Gasteiger partial charge in [0.05, 0.1) is 12.2 Å². The van der Waals surface area contributed by atoms with Gasteiger partial charge in [-0.2, -0.15) is 0 Å². The summed E-state index contributed by atoms with van der Waals surface area (Å²) in [4.78, 5) is 0. The van der Waals surface area contributed by atoms with Gasteiger partial charge in [0.25, 0.3) is 0 Å². The summed E-state index contributed by atoms with van der Waals surface area (Å²) in [5, 5.41) is 21.2. The maximum Gasteiger partial charge on any atom is 0.0814 e.